The predicted octanol–water partition coefficient (Wildman–Crippen LogP) is 4.10. The molecule has 24 heavy (non-hydrogen) atoms. The summed E-state index contributed by atoms with van der Waals surface area (Å²) in [6, 6.07) is 9.26. The second kappa shape index (κ2) is 6.84. The number of benzene rings is 2. The van der Waals surface area contributed by atoms with Crippen LogP contribution in [-0.2, 0) is 0 Å². The van der Waals surface area contributed by atoms with E-state index in [0.29, 0.717) is 11.5 Å². The van der Waals surface area contributed by atoms with Gasteiger partial charge in [-0.3, -0.25) is 10.1 Å². The fraction of sp³-hybridized carbons (Fsp3) is 0.294. The molecule has 2 rings (SSSR count). The number of ether oxygens (including phenoxy) is 1. The number of hydrogen-bond donors (Lipinski definition) is 2. The maximum Gasteiger partial charge on any atom is 0.292 e. The molecule has 7 heteroatoms. The number of nitro groups is 1. The molecule has 0 bridgehead atoms. The van der Waals surface area contributed by atoms with Crippen LogP contribution in [0.5, 0.6) is 11.5 Å². The minimum Gasteiger partial charge on any atom is -0.457 e. The van der Waals surface area contributed by atoms with Gasteiger partial charge in [-0.05, 0) is 51.1 Å². The van der Waals surface area contributed by atoms with Gasteiger partial charge in [0.25, 0.3) is 5.69 Å². The predicted molar refractivity (Wildman–Crippen MR) is 89.0 cm³/mol. The van der Waals surface area contributed by atoms with Crippen LogP contribution >= 0.6 is 0 Å². The minimum atomic E-state index is -1.07. The van der Waals surface area contributed by atoms with Crippen LogP contribution in [0.15, 0.2) is 42.5 Å². The maximum absolute atomic E-state index is 12.9. The smallest absolute Gasteiger partial charge is 0.292 e. The molecule has 2 N–H and O–H groups in total. The maximum atomic E-state index is 12.9. The topological polar surface area (TPSA) is 84.6 Å². The van der Waals surface area contributed by atoms with Crippen LogP contribution in [0.1, 0.15) is 20.8 Å². The van der Waals surface area contributed by atoms with Crippen LogP contribution in [0, 0.1) is 15.9 Å². The van der Waals surface area contributed by atoms with Crippen molar-refractivity contribution in [1.29, 1.82) is 0 Å². The van der Waals surface area contributed by atoms with Gasteiger partial charge in [-0.2, -0.15) is 0 Å². The molecule has 0 aliphatic heterocycles. The molecule has 0 heterocycles. The lowest BCUT2D eigenvalue weighted by molar-refractivity contribution is -0.384. The lowest BCUT2D eigenvalue weighted by Crippen LogP contribution is -2.39. The Labute approximate surface area is 139 Å². The second-order valence-electron chi connectivity index (χ2n) is 6.01. The van der Waals surface area contributed by atoms with Gasteiger partial charge in [0.2, 0.25) is 0 Å². The fourth-order valence-corrected chi connectivity index (χ4v) is 1.90. The molecule has 2 aromatic carbocycles. The molecule has 0 saturated carbocycles. The Kier molecular flexibility index (Phi) is 5.04. The number of nitrogens with zero attached hydrogens (tertiary/aromatic N) is 1. The largest absolute Gasteiger partial charge is 0.457 e. The van der Waals surface area contributed by atoms with E-state index < -0.39 is 16.6 Å². The first kappa shape index (κ1) is 17.7. The van der Waals surface area contributed by atoms with Crippen LogP contribution in [0.4, 0.5) is 15.8 Å². The summed E-state index contributed by atoms with van der Waals surface area (Å²) in [6.07, 6.45) is 0. The SMILES string of the molecule is C[C@H](Nc1cc(Oc2ccc(F)cc2)ccc1[N+](=O)[O-])C(C)(C)O. The third kappa shape index (κ3) is 4.42. The van der Waals surface area contributed by atoms with Crippen molar-refractivity contribution in [3.05, 3.63) is 58.4 Å². The van der Waals surface area contributed by atoms with Crippen LogP contribution in [0.25, 0.3) is 0 Å². The first-order chi connectivity index (χ1) is 11.2. The number of aliphatic hydroxyl groups is 1. The van der Waals surface area contributed by atoms with Crippen molar-refractivity contribution in [2.75, 3.05) is 5.32 Å². The quantitative estimate of drug-likeness (QED) is 0.614. The number of anilines is 1. The summed E-state index contributed by atoms with van der Waals surface area (Å²) < 4.78 is 18.5. The molecule has 0 unspecified atom stereocenters. The van der Waals surface area contributed by atoms with E-state index >= 15 is 0 Å². The number of halogens is 1. The Bertz CT molecular complexity index is 726. The Morgan fingerprint density at radius 2 is 1.79 bits per heavy atom. The molecule has 6 nitrogen and oxygen atoms in total. The first-order valence-corrected chi connectivity index (χ1v) is 7.37. The number of nitro benzene ring substituents is 1. The van der Waals surface area contributed by atoms with Crippen LogP contribution in [0.3, 0.4) is 0 Å². The van der Waals surface area contributed by atoms with Gasteiger partial charge in [0.1, 0.15) is 23.0 Å². The Morgan fingerprint density at radius 3 is 2.33 bits per heavy atom. The summed E-state index contributed by atoms with van der Waals surface area (Å²) in [7, 11) is 0. The summed E-state index contributed by atoms with van der Waals surface area (Å²) in [6.45, 7) is 4.93. The molecular weight excluding hydrogens is 315 g/mol. The van der Waals surface area contributed by atoms with Gasteiger partial charge in [0.05, 0.1) is 16.6 Å². The normalized spacial score (nSPS) is 12.5. The Morgan fingerprint density at radius 1 is 1.21 bits per heavy atom. The standard InChI is InChI=1S/C17H19FN2O4/c1-11(17(2,3)21)19-15-10-14(8-9-16(15)20(22)23)24-13-6-4-12(18)5-7-13/h4-11,19,21H,1-3H3/t11-/m0/s1. The molecule has 2 aromatic rings. The highest BCUT2D eigenvalue weighted by Gasteiger charge is 2.25. The summed E-state index contributed by atoms with van der Waals surface area (Å²) in [4.78, 5) is 10.7. The van der Waals surface area contributed by atoms with E-state index in [9.17, 15) is 19.6 Å². The van der Waals surface area contributed by atoms with Gasteiger partial charge >= 0.3 is 0 Å². The van der Waals surface area contributed by atoms with E-state index in [0.717, 1.165) is 0 Å². The first-order valence-electron chi connectivity index (χ1n) is 7.37. The van der Waals surface area contributed by atoms with E-state index in [2.05, 4.69) is 5.32 Å². The summed E-state index contributed by atoms with van der Waals surface area (Å²) in [5.41, 5.74) is -0.964. The summed E-state index contributed by atoms with van der Waals surface area (Å²) in [5.74, 6) is 0.386. The number of rotatable bonds is 6. The van der Waals surface area contributed by atoms with Gasteiger partial charge in [-0.1, -0.05) is 0 Å². The van der Waals surface area contributed by atoms with Crippen LogP contribution in [-0.4, -0.2) is 21.7 Å². The lowest BCUT2D eigenvalue weighted by atomic mass is 10.0. The van der Waals surface area contributed by atoms with Crippen molar-refractivity contribution in [3.8, 4) is 11.5 Å². The zero-order valence-corrected chi connectivity index (χ0v) is 13.6. The molecular formula is C17H19FN2O4. The van der Waals surface area contributed by atoms with Gasteiger partial charge in [-0.25, -0.2) is 4.39 Å². The highest BCUT2D eigenvalue weighted by Crippen LogP contribution is 2.32. The van der Waals surface area contributed by atoms with Crippen molar-refractivity contribution in [2.24, 2.45) is 0 Å². The van der Waals surface area contributed by atoms with Crippen LogP contribution in [0.2, 0.25) is 0 Å². The molecule has 0 saturated heterocycles. The molecule has 1 atom stereocenters. The van der Waals surface area contributed by atoms with E-state index in [1.165, 1.54) is 42.5 Å². The monoisotopic (exact) mass is 334 g/mol. The zero-order chi connectivity index (χ0) is 17.9. The van der Waals surface area contributed by atoms with E-state index in [1.807, 2.05) is 0 Å². The average Bonchev–Trinajstić information content (AvgIpc) is 2.48. The molecule has 0 spiro atoms. The van der Waals surface area contributed by atoms with E-state index in [-0.39, 0.29) is 17.2 Å². The van der Waals surface area contributed by atoms with Gasteiger partial charge in [0, 0.05) is 12.1 Å². The second-order valence-corrected chi connectivity index (χ2v) is 6.01. The van der Waals surface area contributed by atoms with Crippen LogP contribution < -0.4 is 10.1 Å². The highest BCUT2D eigenvalue weighted by atomic mass is 19.1. The van der Waals surface area contributed by atoms with Gasteiger partial charge in [-0.15, -0.1) is 0 Å². The highest BCUT2D eigenvalue weighted by molar-refractivity contribution is 5.65. The van der Waals surface area contributed by atoms with Gasteiger partial charge in [0.15, 0.2) is 0 Å². The summed E-state index contributed by atoms with van der Waals surface area (Å²) in [5, 5.41) is 24.1. The fourth-order valence-electron chi connectivity index (χ4n) is 1.90. The van der Waals surface area contributed by atoms with E-state index in [4.69, 9.17) is 4.74 Å². The van der Waals surface area contributed by atoms with Crippen molar-refractivity contribution >= 4 is 11.4 Å². The number of nitrogens with one attached hydrogen (secondary N) is 1. The molecule has 0 aliphatic rings. The van der Waals surface area contributed by atoms with E-state index in [1.54, 1.807) is 20.8 Å². The molecule has 0 aromatic heterocycles. The molecule has 0 amide bonds. The van der Waals surface area contributed by atoms with Crippen molar-refractivity contribution in [3.63, 3.8) is 0 Å². The molecule has 0 radical (unpaired) electrons. The third-order valence-electron chi connectivity index (χ3n) is 3.65. The molecule has 128 valence electrons. The molecule has 0 aliphatic carbocycles. The Balaban J connectivity index is 2.30. The average molecular weight is 334 g/mol. The number of hydrogen-bond acceptors (Lipinski definition) is 5. The van der Waals surface area contributed by atoms with Crippen molar-refractivity contribution in [1.82, 2.24) is 0 Å². The Hall–Kier alpha value is -2.67. The van der Waals surface area contributed by atoms with Gasteiger partial charge < -0.3 is 15.2 Å². The third-order valence-corrected chi connectivity index (χ3v) is 3.65. The van der Waals surface area contributed by atoms with Crippen molar-refractivity contribution in [2.45, 2.75) is 32.4 Å². The summed E-state index contributed by atoms with van der Waals surface area (Å²) >= 11 is 0. The lowest BCUT2D eigenvalue weighted by Gasteiger charge is -2.27. The minimum absolute atomic E-state index is 0.127. The zero-order valence-electron chi connectivity index (χ0n) is 13.6. The van der Waals surface area contributed by atoms with Crippen molar-refractivity contribution < 1.29 is 19.2 Å². The molecule has 0 fully saturated rings.